The Morgan fingerprint density at radius 3 is 1.29 bits per heavy atom. The summed E-state index contributed by atoms with van der Waals surface area (Å²) in [5.74, 6) is 0.615. The number of rotatable bonds is 24. The quantitative estimate of drug-likeness (QED) is 0.0562. The Kier molecular flexibility index (Phi) is 15.1. The Morgan fingerprint density at radius 1 is 0.468 bits per heavy atom. The Balaban J connectivity index is 1.27. The van der Waals surface area contributed by atoms with Gasteiger partial charge < -0.3 is 9.80 Å². The van der Waals surface area contributed by atoms with Gasteiger partial charge in [0.15, 0.2) is 0 Å². The minimum absolute atomic E-state index is 0.0366. The Bertz CT molecular complexity index is 2370. The number of benzene rings is 2. The molecule has 8 rings (SSSR count). The van der Waals surface area contributed by atoms with Crippen LogP contribution in [0.4, 0.5) is 0 Å². The summed E-state index contributed by atoms with van der Waals surface area (Å²) >= 11 is 5.76. The Hall–Kier alpha value is -4.10. The van der Waals surface area contributed by atoms with Crippen LogP contribution in [0.1, 0.15) is 140 Å². The molecule has 2 atom stereocenters. The number of thiophene rings is 2. The molecule has 0 saturated heterocycles. The van der Waals surface area contributed by atoms with E-state index in [2.05, 4.69) is 81.6 Å². The average Bonchev–Trinajstić information content (AvgIpc) is 4.16. The molecule has 0 N–H and O–H groups in total. The molecule has 4 aromatic heterocycles. The highest BCUT2D eigenvalue weighted by Crippen LogP contribution is 2.51. The van der Waals surface area contributed by atoms with Crippen LogP contribution in [0.5, 0.6) is 0 Å². The highest BCUT2D eigenvalue weighted by atomic mass is 32.1. The summed E-state index contributed by atoms with van der Waals surface area (Å²) in [6, 6.07) is 20.8. The van der Waals surface area contributed by atoms with Gasteiger partial charge in [-0.2, -0.15) is 17.5 Å². The summed E-state index contributed by atoms with van der Waals surface area (Å²) in [4.78, 5) is 39.2. The first-order valence-electron chi connectivity index (χ1n) is 23.2. The van der Waals surface area contributed by atoms with Gasteiger partial charge in [0.25, 0.3) is 11.8 Å². The normalized spacial score (nSPS) is 15.4. The van der Waals surface area contributed by atoms with Crippen molar-refractivity contribution >= 4 is 91.4 Å². The lowest BCUT2D eigenvalue weighted by Crippen LogP contribution is -2.34. The number of nitrogens with zero attached hydrogens (tertiary/aromatic N) is 6. The predicted octanol–water partition coefficient (Wildman–Crippen LogP) is 14.5. The molecule has 2 unspecified atom stereocenters. The molecule has 62 heavy (non-hydrogen) atoms. The smallest absolute Gasteiger partial charge is 0.261 e. The van der Waals surface area contributed by atoms with Gasteiger partial charge in [0.1, 0.15) is 22.1 Å². The third kappa shape index (κ3) is 9.40. The summed E-state index contributed by atoms with van der Waals surface area (Å²) in [6.07, 6.45) is 18.3. The van der Waals surface area contributed by atoms with E-state index in [1.54, 1.807) is 22.7 Å². The lowest BCUT2D eigenvalue weighted by Gasteiger charge is -2.29. The third-order valence-corrected chi connectivity index (χ3v) is 16.0. The molecule has 2 aromatic carbocycles. The zero-order valence-corrected chi connectivity index (χ0v) is 40.1. The van der Waals surface area contributed by atoms with E-state index in [0.29, 0.717) is 36.1 Å². The van der Waals surface area contributed by atoms with Gasteiger partial charge in [0.05, 0.1) is 55.8 Å². The van der Waals surface area contributed by atoms with E-state index in [9.17, 15) is 0 Å². The van der Waals surface area contributed by atoms with Crippen LogP contribution in [-0.4, -0.2) is 52.2 Å². The van der Waals surface area contributed by atoms with E-state index >= 15 is 9.59 Å². The summed E-state index contributed by atoms with van der Waals surface area (Å²) < 4.78 is 18.4. The molecule has 0 bridgehead atoms. The molecule has 326 valence electrons. The molecule has 8 nitrogen and oxygen atoms in total. The minimum Gasteiger partial charge on any atom is -0.306 e. The third-order valence-electron chi connectivity index (χ3n) is 12.7. The lowest BCUT2D eigenvalue weighted by atomic mass is 9.94. The maximum atomic E-state index is 15.6. The summed E-state index contributed by atoms with van der Waals surface area (Å²) in [7, 11) is 0. The SMILES string of the molecule is CCCCCCC(CCCC)CN1C(=O)C2=C(c3ccc(-c4cccc5nsnc45)s3)N(CC(CCCC)CCCCCC)C(=O)C2=C1c1ccc(-c2cccc3nsnc23)s1. The number of hydrogen-bond donors (Lipinski definition) is 0. The zero-order valence-electron chi connectivity index (χ0n) is 36.8. The first-order chi connectivity index (χ1) is 30.4. The molecule has 2 amide bonds. The molecule has 2 aliphatic rings. The number of carbonyl (C=O) groups excluding carboxylic acids is 2. The van der Waals surface area contributed by atoms with Crippen LogP contribution < -0.4 is 0 Å². The number of aromatic nitrogens is 4. The van der Waals surface area contributed by atoms with Crippen LogP contribution in [0.2, 0.25) is 0 Å². The second-order valence-electron chi connectivity index (χ2n) is 17.2. The number of unbranched alkanes of at least 4 members (excludes halogenated alkanes) is 8. The van der Waals surface area contributed by atoms with Crippen molar-refractivity contribution in [1.29, 1.82) is 0 Å². The monoisotopic (exact) mass is 904 g/mol. The van der Waals surface area contributed by atoms with Gasteiger partial charge in [-0.1, -0.05) is 129 Å². The Labute approximate surface area is 383 Å². The maximum Gasteiger partial charge on any atom is 0.261 e. The second-order valence-corrected chi connectivity index (χ2v) is 20.4. The van der Waals surface area contributed by atoms with Gasteiger partial charge in [0.2, 0.25) is 0 Å². The largest absolute Gasteiger partial charge is 0.306 e. The summed E-state index contributed by atoms with van der Waals surface area (Å²) in [5, 5.41) is 0. The van der Waals surface area contributed by atoms with E-state index < -0.39 is 0 Å². The van der Waals surface area contributed by atoms with Crippen molar-refractivity contribution in [3.05, 3.63) is 81.6 Å². The fraction of sp³-hybridized carbons (Fsp3) is 0.480. The molecular weight excluding hydrogens is 845 g/mol. The van der Waals surface area contributed by atoms with Gasteiger partial charge >= 0.3 is 0 Å². The van der Waals surface area contributed by atoms with E-state index in [0.717, 1.165) is 128 Å². The van der Waals surface area contributed by atoms with Crippen molar-refractivity contribution < 1.29 is 9.59 Å². The minimum atomic E-state index is -0.0366. The van der Waals surface area contributed by atoms with Crippen LogP contribution in [0.3, 0.4) is 0 Å². The van der Waals surface area contributed by atoms with Gasteiger partial charge in [0, 0.05) is 34.0 Å². The fourth-order valence-electron chi connectivity index (χ4n) is 9.36. The van der Waals surface area contributed by atoms with Crippen LogP contribution >= 0.6 is 46.1 Å². The molecule has 0 saturated carbocycles. The predicted molar refractivity (Wildman–Crippen MR) is 262 cm³/mol. The number of carbonyl (C=O) groups is 2. The average molecular weight is 905 g/mol. The van der Waals surface area contributed by atoms with E-state index in [4.69, 9.17) is 0 Å². The molecule has 2 aliphatic heterocycles. The highest BCUT2D eigenvalue weighted by Gasteiger charge is 2.50. The van der Waals surface area contributed by atoms with E-state index in [1.807, 2.05) is 34.1 Å². The fourth-order valence-corrected chi connectivity index (χ4v) is 12.6. The summed E-state index contributed by atoms with van der Waals surface area (Å²) in [5.41, 5.74) is 8.31. The topological polar surface area (TPSA) is 92.2 Å². The van der Waals surface area contributed by atoms with E-state index in [1.165, 1.54) is 62.0 Å². The molecule has 0 fully saturated rings. The zero-order chi connectivity index (χ0) is 43.0. The summed E-state index contributed by atoms with van der Waals surface area (Å²) in [6.45, 7) is 10.2. The van der Waals surface area contributed by atoms with Crippen LogP contribution in [0.15, 0.2) is 71.8 Å². The number of amides is 2. The molecule has 6 aromatic rings. The highest BCUT2D eigenvalue weighted by molar-refractivity contribution is 7.17. The van der Waals surface area contributed by atoms with Crippen LogP contribution in [0.25, 0.3) is 54.3 Å². The molecule has 0 radical (unpaired) electrons. The van der Waals surface area contributed by atoms with Crippen molar-refractivity contribution in [3.8, 4) is 20.9 Å². The molecule has 0 aliphatic carbocycles. The Morgan fingerprint density at radius 2 is 0.871 bits per heavy atom. The molecular formula is C50H60N6O2S4. The van der Waals surface area contributed by atoms with Crippen LogP contribution in [-0.2, 0) is 9.59 Å². The van der Waals surface area contributed by atoms with Gasteiger partial charge in [-0.15, -0.1) is 22.7 Å². The van der Waals surface area contributed by atoms with Gasteiger partial charge in [-0.05, 0) is 73.9 Å². The maximum absolute atomic E-state index is 15.6. The number of hydrogen-bond acceptors (Lipinski definition) is 10. The van der Waals surface area contributed by atoms with Gasteiger partial charge in [-0.25, -0.2) is 0 Å². The standard InChI is InChI=1S/C50H60N6O2S4/c1-5-9-13-15-21-33(19-11-7-3)31-55-47(41-29-27-39(59-41)35-23-17-25-37-45(35)53-61-51-37)43-44(49(55)57)48(56(50(43)58)32-34(20-12-8-4)22-16-14-10-6-2)42-30-28-40(60-42)36-24-18-26-38-46(36)54-62-52-38/h17-18,23-30,33-34H,5-16,19-22,31-32H2,1-4H3. The van der Waals surface area contributed by atoms with Crippen LogP contribution in [0, 0.1) is 11.8 Å². The van der Waals surface area contributed by atoms with Crippen molar-refractivity contribution in [2.75, 3.05) is 13.1 Å². The molecule has 12 heteroatoms. The first kappa shape index (κ1) is 44.5. The van der Waals surface area contributed by atoms with Crippen molar-refractivity contribution in [3.63, 3.8) is 0 Å². The number of fused-ring (bicyclic) bond motifs is 3. The first-order valence-corrected chi connectivity index (χ1v) is 26.3. The second kappa shape index (κ2) is 21.1. The van der Waals surface area contributed by atoms with Crippen molar-refractivity contribution in [1.82, 2.24) is 27.3 Å². The van der Waals surface area contributed by atoms with Crippen molar-refractivity contribution in [2.24, 2.45) is 11.8 Å². The molecule has 6 heterocycles. The van der Waals surface area contributed by atoms with Crippen molar-refractivity contribution in [2.45, 2.75) is 130 Å². The van der Waals surface area contributed by atoms with E-state index in [-0.39, 0.29) is 11.8 Å². The van der Waals surface area contributed by atoms with Gasteiger partial charge in [-0.3, -0.25) is 9.59 Å². The molecule has 0 spiro atoms. The lowest BCUT2D eigenvalue weighted by molar-refractivity contribution is -0.124.